The first-order valence-corrected chi connectivity index (χ1v) is 5.86. The first kappa shape index (κ1) is 12.3. The quantitative estimate of drug-likeness (QED) is 0.894. The Kier molecular flexibility index (Phi) is 3.72. The lowest BCUT2D eigenvalue weighted by atomic mass is 10.1. The molecule has 1 aromatic heterocycles. The van der Waals surface area contributed by atoms with E-state index in [4.69, 9.17) is 4.74 Å². The minimum Gasteiger partial charge on any atom is -0.494 e. The highest BCUT2D eigenvalue weighted by Gasteiger charge is 2.06. The van der Waals surface area contributed by atoms with E-state index in [-0.39, 0.29) is 0 Å². The average molecular weight is 244 g/mol. The van der Waals surface area contributed by atoms with Crippen molar-refractivity contribution >= 4 is 5.82 Å². The van der Waals surface area contributed by atoms with Crippen molar-refractivity contribution in [3.63, 3.8) is 0 Å². The highest BCUT2D eigenvalue weighted by Crippen LogP contribution is 2.24. The molecule has 18 heavy (non-hydrogen) atoms. The summed E-state index contributed by atoms with van der Waals surface area (Å²) < 4.78 is 5.50. The highest BCUT2D eigenvalue weighted by molar-refractivity contribution is 5.59. The van der Waals surface area contributed by atoms with E-state index in [1.807, 2.05) is 32.0 Å². The monoisotopic (exact) mass is 244 g/mol. The van der Waals surface area contributed by atoms with E-state index in [2.05, 4.69) is 20.5 Å². The Bertz CT molecular complexity index is 542. The third-order valence-electron chi connectivity index (χ3n) is 2.55. The van der Waals surface area contributed by atoms with E-state index in [1.54, 1.807) is 13.2 Å². The maximum atomic E-state index is 5.50. The standard InChI is InChI=1S/C13H16N4O/c1-4-18-11-6-5-10(7-9(11)2)13-16-12(14-3)8-15-17-13/h5-8H,4H2,1-3H3,(H,14,16,17). The van der Waals surface area contributed by atoms with Gasteiger partial charge in [-0.05, 0) is 37.6 Å². The van der Waals surface area contributed by atoms with Gasteiger partial charge >= 0.3 is 0 Å². The molecule has 0 aliphatic rings. The molecule has 1 aromatic carbocycles. The fourth-order valence-corrected chi connectivity index (χ4v) is 1.65. The molecule has 0 saturated heterocycles. The van der Waals surface area contributed by atoms with Gasteiger partial charge in [0.05, 0.1) is 12.8 Å². The molecule has 2 rings (SSSR count). The van der Waals surface area contributed by atoms with Crippen LogP contribution in [-0.4, -0.2) is 28.8 Å². The number of nitrogens with one attached hydrogen (secondary N) is 1. The molecule has 0 unspecified atom stereocenters. The smallest absolute Gasteiger partial charge is 0.183 e. The molecule has 1 N–H and O–H groups in total. The molecule has 0 saturated carbocycles. The second-order valence-electron chi connectivity index (χ2n) is 3.83. The van der Waals surface area contributed by atoms with Crippen LogP contribution in [0.25, 0.3) is 11.4 Å². The maximum Gasteiger partial charge on any atom is 0.183 e. The van der Waals surface area contributed by atoms with Crippen LogP contribution in [0.1, 0.15) is 12.5 Å². The number of hydrogen-bond acceptors (Lipinski definition) is 5. The number of aromatic nitrogens is 3. The van der Waals surface area contributed by atoms with Crippen molar-refractivity contribution < 1.29 is 4.74 Å². The first-order valence-electron chi connectivity index (χ1n) is 5.86. The zero-order chi connectivity index (χ0) is 13.0. The van der Waals surface area contributed by atoms with Gasteiger partial charge in [0.25, 0.3) is 0 Å². The summed E-state index contributed by atoms with van der Waals surface area (Å²) in [5.41, 5.74) is 1.99. The molecule has 0 amide bonds. The van der Waals surface area contributed by atoms with Crippen LogP contribution in [0.5, 0.6) is 5.75 Å². The Morgan fingerprint density at radius 1 is 1.33 bits per heavy atom. The Labute approximate surface area is 106 Å². The molecule has 5 heteroatoms. The second kappa shape index (κ2) is 5.44. The van der Waals surface area contributed by atoms with Crippen LogP contribution in [0.4, 0.5) is 5.82 Å². The first-order chi connectivity index (χ1) is 8.74. The molecule has 0 spiro atoms. The van der Waals surface area contributed by atoms with Gasteiger partial charge in [-0.25, -0.2) is 4.98 Å². The SMILES string of the molecule is CCOc1ccc(-c2nncc(NC)n2)cc1C. The van der Waals surface area contributed by atoms with Gasteiger partial charge in [-0.2, -0.15) is 5.10 Å². The molecule has 0 fully saturated rings. The summed E-state index contributed by atoms with van der Waals surface area (Å²) in [4.78, 5) is 4.35. The molecular weight excluding hydrogens is 228 g/mol. The van der Waals surface area contributed by atoms with Crippen molar-refractivity contribution in [2.75, 3.05) is 19.0 Å². The number of benzene rings is 1. The number of hydrogen-bond donors (Lipinski definition) is 1. The summed E-state index contributed by atoms with van der Waals surface area (Å²) in [7, 11) is 1.80. The number of rotatable bonds is 4. The van der Waals surface area contributed by atoms with Gasteiger partial charge in [0.1, 0.15) is 11.6 Å². The minimum absolute atomic E-state index is 0.605. The summed E-state index contributed by atoms with van der Waals surface area (Å²) in [5, 5.41) is 10.9. The van der Waals surface area contributed by atoms with Gasteiger partial charge in [0.2, 0.25) is 0 Å². The predicted molar refractivity (Wildman–Crippen MR) is 70.7 cm³/mol. The molecule has 0 aliphatic carbocycles. The van der Waals surface area contributed by atoms with Gasteiger partial charge in [0.15, 0.2) is 5.82 Å². The third kappa shape index (κ3) is 2.56. The van der Waals surface area contributed by atoms with E-state index in [0.717, 1.165) is 16.9 Å². The third-order valence-corrected chi connectivity index (χ3v) is 2.55. The molecule has 0 radical (unpaired) electrons. The number of anilines is 1. The van der Waals surface area contributed by atoms with Crippen LogP contribution < -0.4 is 10.1 Å². The summed E-state index contributed by atoms with van der Waals surface area (Å²) in [6, 6.07) is 5.87. The molecule has 1 heterocycles. The van der Waals surface area contributed by atoms with E-state index in [9.17, 15) is 0 Å². The fraction of sp³-hybridized carbons (Fsp3) is 0.308. The zero-order valence-electron chi connectivity index (χ0n) is 10.8. The maximum absolute atomic E-state index is 5.50. The topological polar surface area (TPSA) is 59.9 Å². The number of ether oxygens (including phenoxy) is 1. The van der Waals surface area contributed by atoms with Crippen molar-refractivity contribution in [2.45, 2.75) is 13.8 Å². The van der Waals surface area contributed by atoms with E-state index < -0.39 is 0 Å². The van der Waals surface area contributed by atoms with Gasteiger partial charge < -0.3 is 10.1 Å². The largest absolute Gasteiger partial charge is 0.494 e. The van der Waals surface area contributed by atoms with Crippen molar-refractivity contribution in [1.29, 1.82) is 0 Å². The van der Waals surface area contributed by atoms with Crippen LogP contribution in [0.2, 0.25) is 0 Å². The van der Waals surface area contributed by atoms with Crippen LogP contribution in [0.3, 0.4) is 0 Å². The highest BCUT2D eigenvalue weighted by atomic mass is 16.5. The molecule has 0 aliphatic heterocycles. The normalized spacial score (nSPS) is 10.2. The van der Waals surface area contributed by atoms with Gasteiger partial charge in [0, 0.05) is 12.6 Å². The van der Waals surface area contributed by atoms with Crippen LogP contribution in [0.15, 0.2) is 24.4 Å². The number of nitrogens with zero attached hydrogens (tertiary/aromatic N) is 3. The van der Waals surface area contributed by atoms with Crippen molar-refractivity contribution in [1.82, 2.24) is 15.2 Å². The fourth-order valence-electron chi connectivity index (χ4n) is 1.65. The molecule has 0 bridgehead atoms. The van der Waals surface area contributed by atoms with Crippen molar-refractivity contribution in [3.8, 4) is 17.1 Å². The lowest BCUT2D eigenvalue weighted by Crippen LogP contribution is -1.99. The van der Waals surface area contributed by atoms with E-state index >= 15 is 0 Å². The Balaban J connectivity index is 2.35. The summed E-state index contributed by atoms with van der Waals surface area (Å²) in [6.45, 7) is 4.63. The Morgan fingerprint density at radius 2 is 2.17 bits per heavy atom. The lowest BCUT2D eigenvalue weighted by Gasteiger charge is -2.08. The van der Waals surface area contributed by atoms with Crippen LogP contribution in [-0.2, 0) is 0 Å². The molecular formula is C13H16N4O. The lowest BCUT2D eigenvalue weighted by molar-refractivity contribution is 0.338. The second-order valence-corrected chi connectivity index (χ2v) is 3.83. The Morgan fingerprint density at radius 3 is 2.83 bits per heavy atom. The average Bonchev–Trinajstić information content (AvgIpc) is 2.41. The van der Waals surface area contributed by atoms with Crippen molar-refractivity contribution in [3.05, 3.63) is 30.0 Å². The zero-order valence-corrected chi connectivity index (χ0v) is 10.8. The summed E-state index contributed by atoms with van der Waals surface area (Å²) >= 11 is 0. The summed E-state index contributed by atoms with van der Waals surface area (Å²) in [6.07, 6.45) is 1.59. The Hall–Kier alpha value is -2.17. The van der Waals surface area contributed by atoms with E-state index in [0.29, 0.717) is 18.2 Å². The molecule has 5 nitrogen and oxygen atoms in total. The van der Waals surface area contributed by atoms with Crippen molar-refractivity contribution in [2.24, 2.45) is 0 Å². The van der Waals surface area contributed by atoms with Gasteiger partial charge in [-0.1, -0.05) is 0 Å². The van der Waals surface area contributed by atoms with Gasteiger partial charge in [-0.15, -0.1) is 5.10 Å². The van der Waals surface area contributed by atoms with Gasteiger partial charge in [-0.3, -0.25) is 0 Å². The predicted octanol–water partition coefficient (Wildman–Crippen LogP) is 2.29. The van der Waals surface area contributed by atoms with E-state index in [1.165, 1.54) is 0 Å². The molecule has 0 atom stereocenters. The summed E-state index contributed by atoms with van der Waals surface area (Å²) in [5.74, 6) is 2.19. The number of aryl methyl sites for hydroxylation is 1. The molecule has 2 aromatic rings. The minimum atomic E-state index is 0.605. The molecule has 94 valence electrons. The van der Waals surface area contributed by atoms with Crippen LogP contribution in [0, 0.1) is 6.92 Å². The van der Waals surface area contributed by atoms with Crippen LogP contribution >= 0.6 is 0 Å².